The topological polar surface area (TPSA) is 59.1 Å². The Bertz CT molecular complexity index is 1280. The zero-order valence-corrected chi connectivity index (χ0v) is 24.1. The van der Waals surface area contributed by atoms with Crippen LogP contribution in [0.5, 0.6) is 5.75 Å². The molecule has 1 amide bonds. The molecule has 2 aromatic carbocycles. The van der Waals surface area contributed by atoms with Gasteiger partial charge in [0, 0.05) is 30.7 Å². The third-order valence-electron chi connectivity index (χ3n) is 7.70. The molecule has 2 heterocycles. The van der Waals surface area contributed by atoms with Crippen LogP contribution in [0.15, 0.2) is 30.3 Å². The average Bonchev–Trinajstić information content (AvgIpc) is 3.59. The fourth-order valence-electron chi connectivity index (χ4n) is 5.65. The molecule has 1 saturated carbocycles. The summed E-state index contributed by atoms with van der Waals surface area (Å²) in [4.78, 5) is 29.9. The van der Waals surface area contributed by atoms with Gasteiger partial charge in [-0.3, -0.25) is 9.69 Å². The summed E-state index contributed by atoms with van der Waals surface area (Å²) >= 11 is 6.24. The second kappa shape index (κ2) is 11.6. The van der Waals surface area contributed by atoms with Gasteiger partial charge in [0.25, 0.3) is 5.91 Å². The lowest BCUT2D eigenvalue weighted by Gasteiger charge is -2.33. The first-order valence-electron chi connectivity index (χ1n) is 14.2. The minimum absolute atomic E-state index is 0.0269. The monoisotopic (exact) mass is 574 g/mol. The number of hydrogen-bond donors (Lipinski definition) is 0. The number of carbonyl (C=O) groups is 2. The van der Waals surface area contributed by atoms with E-state index in [1.54, 1.807) is 32.9 Å². The summed E-state index contributed by atoms with van der Waals surface area (Å²) in [6.45, 7) is 7.81. The maximum atomic E-state index is 15.5. The van der Waals surface area contributed by atoms with Crippen molar-refractivity contribution in [2.75, 3.05) is 19.6 Å². The third kappa shape index (κ3) is 6.77. The van der Waals surface area contributed by atoms with Gasteiger partial charge in [-0.15, -0.1) is 0 Å². The molecule has 3 aliphatic rings. The highest BCUT2D eigenvalue weighted by Gasteiger charge is 2.39. The number of amides is 1. The van der Waals surface area contributed by atoms with Gasteiger partial charge in [0.05, 0.1) is 5.56 Å². The number of piperidine rings is 1. The first-order chi connectivity index (χ1) is 19.0. The Morgan fingerprint density at radius 2 is 1.77 bits per heavy atom. The molecule has 0 radical (unpaired) electrons. The number of carbonyl (C=O) groups excluding carboxylic acids is 2. The van der Waals surface area contributed by atoms with Gasteiger partial charge in [0.15, 0.2) is 0 Å². The number of halogens is 3. The number of nitrogens with zero attached hydrogens (tertiary/aromatic N) is 2. The van der Waals surface area contributed by atoms with Crippen molar-refractivity contribution < 1.29 is 27.8 Å². The molecule has 2 aliphatic heterocycles. The van der Waals surface area contributed by atoms with Crippen LogP contribution in [0, 0.1) is 11.6 Å². The molecular formula is C31H37ClF2N2O4. The Balaban J connectivity index is 1.31. The Morgan fingerprint density at radius 1 is 1.02 bits per heavy atom. The lowest BCUT2D eigenvalue weighted by atomic mass is 10.0. The molecule has 6 nitrogen and oxygen atoms in total. The number of likely N-dealkylation sites (tertiary alicyclic amines) is 2. The van der Waals surface area contributed by atoms with E-state index in [2.05, 4.69) is 4.90 Å². The molecular weight excluding hydrogens is 538 g/mol. The molecule has 5 rings (SSSR count). The predicted octanol–water partition coefficient (Wildman–Crippen LogP) is 6.49. The van der Waals surface area contributed by atoms with Gasteiger partial charge in [-0.25, -0.2) is 13.6 Å². The van der Waals surface area contributed by atoms with Gasteiger partial charge in [-0.05, 0) is 101 Å². The zero-order chi connectivity index (χ0) is 28.6. The molecule has 216 valence electrons. The van der Waals surface area contributed by atoms with Crippen LogP contribution in [0.4, 0.5) is 8.78 Å². The van der Waals surface area contributed by atoms with Crippen LogP contribution < -0.4 is 4.74 Å². The number of rotatable bonds is 7. The fourth-order valence-corrected chi connectivity index (χ4v) is 5.88. The molecule has 2 saturated heterocycles. The first kappa shape index (κ1) is 28.8. The highest BCUT2D eigenvalue weighted by molar-refractivity contribution is 6.31. The lowest BCUT2D eigenvalue weighted by molar-refractivity contribution is -0.159. The number of esters is 1. The normalized spacial score (nSPS) is 21.9. The van der Waals surface area contributed by atoms with E-state index in [1.165, 1.54) is 23.1 Å². The number of ether oxygens (including phenoxy) is 2. The van der Waals surface area contributed by atoms with Crippen molar-refractivity contribution in [2.45, 2.75) is 89.5 Å². The van der Waals surface area contributed by atoms with Crippen molar-refractivity contribution >= 4 is 23.5 Å². The molecule has 1 unspecified atom stereocenters. The van der Waals surface area contributed by atoms with E-state index in [1.807, 2.05) is 0 Å². The molecule has 2 atom stereocenters. The van der Waals surface area contributed by atoms with E-state index in [9.17, 15) is 14.0 Å². The maximum absolute atomic E-state index is 15.5. The average molecular weight is 575 g/mol. The quantitative estimate of drug-likeness (QED) is 0.354. The lowest BCUT2D eigenvalue weighted by Crippen LogP contribution is -2.43. The van der Waals surface area contributed by atoms with Gasteiger partial charge in [0.2, 0.25) is 0 Å². The summed E-state index contributed by atoms with van der Waals surface area (Å²) < 4.78 is 40.9. The SMILES string of the molecule is CC(C)(C)OC(=O)C1CCCN1C(=O)c1cc(C2CC2)c(O[C@@H]2CCCN(Cc3ccc(F)cc3Cl)C2)cc1F. The van der Waals surface area contributed by atoms with E-state index in [4.69, 9.17) is 21.1 Å². The number of hydrogen-bond acceptors (Lipinski definition) is 5. The van der Waals surface area contributed by atoms with Crippen LogP contribution in [0.2, 0.25) is 5.02 Å². The number of benzene rings is 2. The van der Waals surface area contributed by atoms with E-state index in [0.717, 1.165) is 43.4 Å². The molecule has 0 bridgehead atoms. The third-order valence-corrected chi connectivity index (χ3v) is 8.06. The Hall–Kier alpha value is -2.71. The standard InChI is InChI=1S/C31H37ClF2N2O4/c1-31(2,3)40-30(38)27-7-5-13-36(27)29(37)24-15-23(19-8-9-19)28(16-26(24)34)39-22-6-4-12-35(18-22)17-20-10-11-21(33)14-25(20)32/h10-11,14-16,19,22,27H,4-9,12-13,17-18H2,1-3H3/t22-,27?/m1/s1. The summed E-state index contributed by atoms with van der Waals surface area (Å²) in [6, 6.07) is 6.69. The van der Waals surface area contributed by atoms with Crippen LogP contribution in [0.1, 0.15) is 86.7 Å². The van der Waals surface area contributed by atoms with Crippen LogP contribution >= 0.6 is 11.6 Å². The fraction of sp³-hybridized carbons (Fsp3) is 0.548. The summed E-state index contributed by atoms with van der Waals surface area (Å²) in [7, 11) is 0. The molecule has 1 aliphatic carbocycles. The molecule has 3 fully saturated rings. The Kier molecular flexibility index (Phi) is 8.39. The highest BCUT2D eigenvalue weighted by atomic mass is 35.5. The second-order valence-corrected chi connectivity index (χ2v) is 12.6. The van der Waals surface area contributed by atoms with Gasteiger partial charge in [-0.2, -0.15) is 0 Å². The van der Waals surface area contributed by atoms with Gasteiger partial charge in [0.1, 0.15) is 35.1 Å². The van der Waals surface area contributed by atoms with E-state index >= 15 is 4.39 Å². The van der Waals surface area contributed by atoms with Gasteiger partial charge in [-0.1, -0.05) is 17.7 Å². The van der Waals surface area contributed by atoms with Crippen molar-refractivity contribution in [1.29, 1.82) is 0 Å². The van der Waals surface area contributed by atoms with Crippen LogP contribution in [-0.2, 0) is 16.1 Å². The van der Waals surface area contributed by atoms with Crippen molar-refractivity contribution in [3.63, 3.8) is 0 Å². The molecule has 9 heteroatoms. The summed E-state index contributed by atoms with van der Waals surface area (Å²) in [5.74, 6) is -1.25. The van der Waals surface area contributed by atoms with Gasteiger partial charge < -0.3 is 14.4 Å². The van der Waals surface area contributed by atoms with Gasteiger partial charge >= 0.3 is 5.97 Å². The van der Waals surface area contributed by atoms with E-state index in [0.29, 0.717) is 43.2 Å². The molecule has 2 aromatic rings. The summed E-state index contributed by atoms with van der Waals surface area (Å²) in [6.07, 6.45) is 4.66. The summed E-state index contributed by atoms with van der Waals surface area (Å²) in [5, 5.41) is 0.397. The Morgan fingerprint density at radius 3 is 2.48 bits per heavy atom. The predicted molar refractivity (Wildman–Crippen MR) is 149 cm³/mol. The molecule has 0 aromatic heterocycles. The van der Waals surface area contributed by atoms with Crippen molar-refractivity contribution in [1.82, 2.24) is 9.80 Å². The Labute approximate surface area is 239 Å². The molecule has 40 heavy (non-hydrogen) atoms. The smallest absolute Gasteiger partial charge is 0.329 e. The highest BCUT2D eigenvalue weighted by Crippen LogP contribution is 2.46. The minimum atomic E-state index is -0.714. The van der Waals surface area contributed by atoms with Crippen LogP contribution in [-0.4, -0.2) is 59.1 Å². The van der Waals surface area contributed by atoms with Crippen LogP contribution in [0.25, 0.3) is 0 Å². The molecule has 0 N–H and O–H groups in total. The summed E-state index contributed by atoms with van der Waals surface area (Å²) in [5.41, 5.74) is 0.998. The zero-order valence-electron chi connectivity index (χ0n) is 23.4. The first-order valence-corrected chi connectivity index (χ1v) is 14.6. The second-order valence-electron chi connectivity index (χ2n) is 12.2. The van der Waals surface area contributed by atoms with Crippen molar-refractivity contribution in [2.24, 2.45) is 0 Å². The van der Waals surface area contributed by atoms with Crippen molar-refractivity contribution in [3.8, 4) is 5.75 Å². The van der Waals surface area contributed by atoms with E-state index in [-0.39, 0.29) is 23.4 Å². The molecule has 0 spiro atoms. The van der Waals surface area contributed by atoms with Crippen LogP contribution in [0.3, 0.4) is 0 Å². The largest absolute Gasteiger partial charge is 0.489 e. The van der Waals surface area contributed by atoms with E-state index < -0.39 is 29.3 Å². The minimum Gasteiger partial charge on any atom is -0.489 e. The van der Waals surface area contributed by atoms with Crippen molar-refractivity contribution in [3.05, 3.63) is 63.7 Å². The maximum Gasteiger partial charge on any atom is 0.329 e.